The van der Waals surface area contributed by atoms with Crippen LogP contribution in [-0.4, -0.2) is 124 Å². The van der Waals surface area contributed by atoms with Gasteiger partial charge in [0.25, 0.3) is 11.8 Å². The van der Waals surface area contributed by atoms with Gasteiger partial charge in [0.2, 0.25) is 5.91 Å². The third kappa shape index (κ3) is 9.50. The van der Waals surface area contributed by atoms with Crippen LogP contribution in [0.25, 0.3) is 0 Å². The molecule has 0 bridgehead atoms. The van der Waals surface area contributed by atoms with Gasteiger partial charge in [0, 0.05) is 12.2 Å². The first kappa shape index (κ1) is 31.4. The number of fused-ring (bicyclic) bond motifs is 1. The van der Waals surface area contributed by atoms with Gasteiger partial charge in [0.15, 0.2) is 0 Å². The Bertz CT molecular complexity index is 1010. The number of anilines is 1. The van der Waals surface area contributed by atoms with Gasteiger partial charge in [-0.2, -0.15) is 0 Å². The molecule has 14 nitrogen and oxygen atoms in total. The first-order chi connectivity index (χ1) is 19.4. The Morgan fingerprint density at radius 1 is 0.850 bits per heavy atom. The molecular formula is C26H37N3O11. The fraction of sp³-hybridized carbons (Fsp3) is 0.615. The SMILES string of the molecule is O=C(O)CCOCCOCCOCCOCCOCCNc1cccc2c1C(=O)N(C1CCC(O)NC1=O)C2=O. The number of aliphatic hydroxyl groups is 1. The number of carboxylic acids is 1. The first-order valence-electron chi connectivity index (χ1n) is 13.2. The average molecular weight is 568 g/mol. The number of imide groups is 1. The van der Waals surface area contributed by atoms with Gasteiger partial charge < -0.3 is 44.5 Å². The third-order valence-electron chi connectivity index (χ3n) is 6.09. The molecule has 1 fully saturated rings. The van der Waals surface area contributed by atoms with Gasteiger partial charge in [0.1, 0.15) is 12.3 Å². The maximum atomic E-state index is 13.1. The second-order valence-electron chi connectivity index (χ2n) is 8.96. The molecule has 1 aromatic rings. The highest BCUT2D eigenvalue weighted by atomic mass is 16.6. The monoisotopic (exact) mass is 567 g/mol. The van der Waals surface area contributed by atoms with Crippen molar-refractivity contribution < 1.29 is 53.1 Å². The average Bonchev–Trinajstić information content (AvgIpc) is 3.18. The summed E-state index contributed by atoms with van der Waals surface area (Å²) in [7, 11) is 0. The van der Waals surface area contributed by atoms with Crippen molar-refractivity contribution in [3.63, 3.8) is 0 Å². The van der Waals surface area contributed by atoms with Crippen LogP contribution in [0.4, 0.5) is 5.69 Å². The van der Waals surface area contributed by atoms with E-state index in [1.165, 1.54) is 0 Å². The fourth-order valence-electron chi connectivity index (χ4n) is 4.16. The molecule has 2 aliphatic rings. The second kappa shape index (κ2) is 16.8. The Hall–Kier alpha value is -3.14. The molecule has 0 radical (unpaired) electrons. The lowest BCUT2D eigenvalue weighted by molar-refractivity contribution is -0.138. The summed E-state index contributed by atoms with van der Waals surface area (Å²) in [4.78, 5) is 49.6. The molecule has 1 aromatic carbocycles. The van der Waals surface area contributed by atoms with Crippen molar-refractivity contribution in [2.75, 3.05) is 77.9 Å². The number of carbonyl (C=O) groups is 4. The van der Waals surface area contributed by atoms with Crippen molar-refractivity contribution in [2.45, 2.75) is 31.5 Å². The molecule has 1 saturated heterocycles. The molecule has 4 N–H and O–H groups in total. The zero-order valence-corrected chi connectivity index (χ0v) is 22.3. The summed E-state index contributed by atoms with van der Waals surface area (Å²) in [6, 6.07) is 3.98. The van der Waals surface area contributed by atoms with E-state index in [4.69, 9.17) is 28.8 Å². The van der Waals surface area contributed by atoms with Crippen LogP contribution in [0.15, 0.2) is 18.2 Å². The molecular weight excluding hydrogens is 530 g/mol. The molecule has 2 heterocycles. The van der Waals surface area contributed by atoms with Crippen LogP contribution in [0.2, 0.25) is 0 Å². The maximum Gasteiger partial charge on any atom is 0.305 e. The first-order valence-corrected chi connectivity index (χ1v) is 13.2. The van der Waals surface area contributed by atoms with E-state index in [9.17, 15) is 24.3 Å². The number of aliphatic hydroxyl groups excluding tert-OH is 1. The highest BCUT2D eigenvalue weighted by Gasteiger charge is 2.45. The molecule has 0 aliphatic carbocycles. The number of amides is 3. The van der Waals surface area contributed by atoms with Gasteiger partial charge in [0.05, 0.1) is 83.6 Å². The molecule has 2 aliphatic heterocycles. The minimum Gasteiger partial charge on any atom is -0.481 e. The number of carbonyl (C=O) groups excluding carboxylic acids is 3. The van der Waals surface area contributed by atoms with E-state index >= 15 is 0 Å². The Balaban J connectivity index is 1.22. The molecule has 3 amide bonds. The Morgan fingerprint density at radius 2 is 1.43 bits per heavy atom. The third-order valence-corrected chi connectivity index (χ3v) is 6.09. The number of hydrogen-bond donors (Lipinski definition) is 4. The number of nitrogens with zero attached hydrogens (tertiary/aromatic N) is 1. The number of benzene rings is 1. The Kier molecular flexibility index (Phi) is 13.2. The predicted octanol–water partition coefficient (Wildman–Crippen LogP) is -0.151. The van der Waals surface area contributed by atoms with Crippen LogP contribution in [0.5, 0.6) is 0 Å². The Labute approximate surface area is 231 Å². The zero-order chi connectivity index (χ0) is 28.7. The van der Waals surface area contributed by atoms with Gasteiger partial charge in [-0.25, -0.2) is 0 Å². The fourth-order valence-corrected chi connectivity index (χ4v) is 4.16. The normalized spacial score (nSPS) is 18.6. The van der Waals surface area contributed by atoms with Crippen molar-refractivity contribution in [1.29, 1.82) is 0 Å². The van der Waals surface area contributed by atoms with Crippen LogP contribution in [0, 0.1) is 0 Å². The number of aliphatic carboxylic acids is 1. The molecule has 222 valence electrons. The molecule has 0 spiro atoms. The quantitative estimate of drug-likeness (QED) is 0.121. The van der Waals surface area contributed by atoms with E-state index in [0.717, 1.165) is 4.90 Å². The van der Waals surface area contributed by atoms with Crippen molar-refractivity contribution in [1.82, 2.24) is 10.2 Å². The summed E-state index contributed by atoms with van der Waals surface area (Å²) >= 11 is 0. The van der Waals surface area contributed by atoms with Crippen molar-refractivity contribution in [2.24, 2.45) is 0 Å². The minimum atomic E-state index is -0.975. The summed E-state index contributed by atoms with van der Waals surface area (Å²) in [5.41, 5.74) is 0.949. The van der Waals surface area contributed by atoms with Gasteiger partial charge in [-0.15, -0.1) is 0 Å². The number of ether oxygens (including phenoxy) is 5. The number of nitrogens with one attached hydrogen (secondary N) is 2. The van der Waals surface area contributed by atoms with Crippen LogP contribution < -0.4 is 10.6 Å². The van der Waals surface area contributed by atoms with E-state index in [-0.39, 0.29) is 37.0 Å². The summed E-state index contributed by atoms with van der Waals surface area (Å²) in [6.45, 7) is 3.98. The van der Waals surface area contributed by atoms with Crippen LogP contribution in [0.3, 0.4) is 0 Å². The predicted molar refractivity (Wildman–Crippen MR) is 139 cm³/mol. The molecule has 0 aromatic heterocycles. The number of piperidine rings is 1. The lowest BCUT2D eigenvalue weighted by Gasteiger charge is -2.31. The lowest BCUT2D eigenvalue weighted by Crippen LogP contribution is -2.55. The molecule has 2 atom stereocenters. The standard InChI is InChI=1S/C26H37N3O11/c30-21-5-4-20(24(33)28-21)29-25(34)18-2-1-3-19(23(18)26(29)35)27-7-9-37-11-13-39-15-17-40-16-14-38-12-10-36-8-6-22(31)32/h1-3,20-21,27,30H,4-17H2,(H,28,33)(H,31,32). The highest BCUT2D eigenvalue weighted by Crippen LogP contribution is 2.32. The summed E-state index contributed by atoms with van der Waals surface area (Å²) in [6.07, 6.45) is -0.542. The van der Waals surface area contributed by atoms with E-state index in [1.54, 1.807) is 18.2 Å². The van der Waals surface area contributed by atoms with Crippen LogP contribution >= 0.6 is 0 Å². The highest BCUT2D eigenvalue weighted by molar-refractivity contribution is 6.25. The largest absolute Gasteiger partial charge is 0.481 e. The number of rotatable bonds is 20. The number of hydrogen-bond acceptors (Lipinski definition) is 11. The Morgan fingerprint density at radius 3 is 2.00 bits per heavy atom. The molecule has 40 heavy (non-hydrogen) atoms. The summed E-state index contributed by atoms with van der Waals surface area (Å²) in [5.74, 6) is -2.50. The van der Waals surface area contributed by atoms with Gasteiger partial charge >= 0.3 is 5.97 Å². The van der Waals surface area contributed by atoms with E-state index in [2.05, 4.69) is 10.6 Å². The number of carboxylic acid groups (broad SMARTS) is 1. The van der Waals surface area contributed by atoms with Crippen molar-refractivity contribution in [3.8, 4) is 0 Å². The van der Waals surface area contributed by atoms with E-state index in [0.29, 0.717) is 71.7 Å². The van der Waals surface area contributed by atoms with Gasteiger partial charge in [-0.05, 0) is 25.0 Å². The second-order valence-corrected chi connectivity index (χ2v) is 8.96. The van der Waals surface area contributed by atoms with Crippen molar-refractivity contribution >= 4 is 29.4 Å². The molecule has 3 rings (SSSR count). The topological polar surface area (TPSA) is 182 Å². The molecule has 0 saturated carbocycles. The summed E-state index contributed by atoms with van der Waals surface area (Å²) in [5, 5.41) is 23.6. The molecule has 2 unspecified atom stereocenters. The summed E-state index contributed by atoms with van der Waals surface area (Å²) < 4.78 is 26.8. The van der Waals surface area contributed by atoms with Crippen molar-refractivity contribution in [3.05, 3.63) is 29.3 Å². The zero-order valence-electron chi connectivity index (χ0n) is 22.3. The van der Waals surface area contributed by atoms with Gasteiger partial charge in [-0.3, -0.25) is 24.1 Å². The lowest BCUT2D eigenvalue weighted by atomic mass is 10.0. The van der Waals surface area contributed by atoms with Crippen LogP contribution in [0.1, 0.15) is 40.0 Å². The van der Waals surface area contributed by atoms with E-state index < -0.39 is 36.0 Å². The smallest absolute Gasteiger partial charge is 0.305 e. The molecule has 14 heteroatoms. The van der Waals surface area contributed by atoms with Gasteiger partial charge in [-0.1, -0.05) is 6.07 Å². The van der Waals surface area contributed by atoms with E-state index in [1.807, 2.05) is 0 Å². The maximum absolute atomic E-state index is 13.1. The minimum absolute atomic E-state index is 0.0256. The van der Waals surface area contributed by atoms with Crippen LogP contribution in [-0.2, 0) is 33.3 Å².